The van der Waals surface area contributed by atoms with Crippen LogP contribution in [-0.2, 0) is 27.9 Å². The van der Waals surface area contributed by atoms with Gasteiger partial charge in [-0.15, -0.1) is 0 Å². The van der Waals surface area contributed by atoms with Crippen molar-refractivity contribution in [2.24, 2.45) is 0 Å². The first-order valence-electron chi connectivity index (χ1n) is 21.3. The van der Waals surface area contributed by atoms with Gasteiger partial charge in [-0.2, -0.15) is 0 Å². The fraction of sp³-hybridized carbons (Fsp3) is 0.705. The van der Waals surface area contributed by atoms with Crippen LogP contribution in [0.1, 0.15) is 136 Å². The van der Waals surface area contributed by atoms with Gasteiger partial charge in [-0.05, 0) is 77.0 Å². The zero-order valence-corrected chi connectivity index (χ0v) is 35.5. The number of carbonyl (C=O) groups excluding carboxylic acids is 1. The highest BCUT2D eigenvalue weighted by atomic mass is 31.2. The van der Waals surface area contributed by atoms with E-state index in [4.69, 9.17) is 18.5 Å². The molecule has 1 rings (SSSR count). The zero-order valence-electron chi connectivity index (χ0n) is 34.6. The quantitative estimate of drug-likeness (QED) is 0.0159. The number of hydrogen-bond donors (Lipinski definition) is 6. The van der Waals surface area contributed by atoms with Crippen LogP contribution in [0.2, 0.25) is 0 Å². The van der Waals surface area contributed by atoms with Crippen LogP contribution in [0, 0.1) is 0 Å². The first-order valence-corrected chi connectivity index (χ1v) is 22.8. The normalized spacial score (nSPS) is 23.6. The van der Waals surface area contributed by atoms with Gasteiger partial charge in [-0.3, -0.25) is 13.8 Å². The first-order chi connectivity index (χ1) is 27.5. The minimum absolute atomic E-state index is 0.0990. The van der Waals surface area contributed by atoms with Crippen LogP contribution >= 0.6 is 7.82 Å². The van der Waals surface area contributed by atoms with E-state index in [-0.39, 0.29) is 13.0 Å². The molecule has 0 saturated heterocycles. The summed E-state index contributed by atoms with van der Waals surface area (Å²) in [5, 5.41) is 50.1. The summed E-state index contributed by atoms with van der Waals surface area (Å²) in [6.45, 7) is 4.00. The minimum atomic E-state index is -5.03. The van der Waals surface area contributed by atoms with Crippen molar-refractivity contribution in [3.05, 3.63) is 72.9 Å². The minimum Gasteiger partial charge on any atom is -0.457 e. The Hall–Kier alpha value is -2.22. The van der Waals surface area contributed by atoms with Crippen molar-refractivity contribution >= 4 is 13.8 Å². The summed E-state index contributed by atoms with van der Waals surface area (Å²) in [5.41, 5.74) is 0. The van der Waals surface area contributed by atoms with Gasteiger partial charge in [0.15, 0.2) is 0 Å². The molecule has 328 valence electrons. The lowest BCUT2D eigenvalue weighted by Crippen LogP contribution is -2.64. The molecule has 0 heterocycles. The third-order valence-electron chi connectivity index (χ3n) is 9.29. The second-order valence-corrected chi connectivity index (χ2v) is 15.9. The van der Waals surface area contributed by atoms with Crippen LogP contribution in [-0.4, -0.2) is 98.9 Å². The molecule has 1 aliphatic rings. The molecular formula is C44H75O12P. The standard InChI is InChI=1S/C44H75O12P/c1-3-5-7-9-11-13-15-16-17-18-19-20-21-22-23-25-27-29-31-33-38(45)55-37(35-53-34-32-30-28-26-24-14-12-10-8-6-4-2)36-54-57(51,52)56-44-42(49)40(47)39(46)41(48)43(44)50/h5,7-8,10-11,13,16-17,19-20,22-23,37,39-44,46-50H,3-4,6,9,12,14-15,18,21,24-36H2,1-2H3,(H,51,52)/b7-5-,10-8-,13-11-,17-16-,20-19-,23-22-. The first kappa shape index (κ1) is 52.8. The molecule has 0 bridgehead atoms. The van der Waals surface area contributed by atoms with Gasteiger partial charge in [0.25, 0.3) is 0 Å². The van der Waals surface area contributed by atoms with E-state index in [0.717, 1.165) is 89.9 Å². The fourth-order valence-corrected chi connectivity index (χ4v) is 6.88. The zero-order chi connectivity index (χ0) is 42.0. The number of esters is 1. The van der Waals surface area contributed by atoms with Gasteiger partial charge < -0.3 is 39.9 Å². The van der Waals surface area contributed by atoms with E-state index in [9.17, 15) is 39.8 Å². The van der Waals surface area contributed by atoms with Crippen molar-refractivity contribution in [2.75, 3.05) is 19.8 Å². The largest absolute Gasteiger partial charge is 0.472 e. The number of hydrogen-bond acceptors (Lipinski definition) is 11. The Balaban J connectivity index is 2.46. The van der Waals surface area contributed by atoms with Gasteiger partial charge in [0, 0.05) is 13.0 Å². The average molecular weight is 827 g/mol. The summed E-state index contributed by atoms with van der Waals surface area (Å²) in [6, 6.07) is 0. The molecular weight excluding hydrogens is 751 g/mol. The number of ether oxygens (including phenoxy) is 2. The maximum Gasteiger partial charge on any atom is 0.472 e. The highest BCUT2D eigenvalue weighted by molar-refractivity contribution is 7.47. The molecule has 13 heteroatoms. The monoisotopic (exact) mass is 826 g/mol. The molecule has 0 aromatic rings. The Morgan fingerprint density at radius 1 is 0.579 bits per heavy atom. The van der Waals surface area contributed by atoms with Crippen LogP contribution in [0.25, 0.3) is 0 Å². The lowest BCUT2D eigenvalue weighted by molar-refractivity contribution is -0.220. The number of rotatable bonds is 34. The van der Waals surface area contributed by atoms with Gasteiger partial charge in [0.05, 0.1) is 13.2 Å². The number of carbonyl (C=O) groups is 1. The smallest absolute Gasteiger partial charge is 0.457 e. The van der Waals surface area contributed by atoms with Crippen LogP contribution in [0.4, 0.5) is 0 Å². The molecule has 1 aliphatic carbocycles. The number of aliphatic hydroxyl groups is 5. The molecule has 6 atom stereocenters. The summed E-state index contributed by atoms with van der Waals surface area (Å²) >= 11 is 0. The van der Waals surface area contributed by atoms with Gasteiger partial charge >= 0.3 is 13.8 Å². The van der Waals surface area contributed by atoms with Gasteiger partial charge in [-0.1, -0.05) is 125 Å². The Bertz CT molecular complexity index is 1220. The summed E-state index contributed by atoms with van der Waals surface area (Å²) < 4.78 is 34.0. The molecule has 0 spiro atoms. The number of allylic oxidation sites excluding steroid dienone is 12. The molecule has 6 unspecified atom stereocenters. The second kappa shape index (κ2) is 34.6. The van der Waals surface area contributed by atoms with Gasteiger partial charge in [0.1, 0.15) is 42.7 Å². The molecule has 57 heavy (non-hydrogen) atoms. The predicted molar refractivity (Wildman–Crippen MR) is 225 cm³/mol. The molecule has 0 aromatic heterocycles. The Labute approximate surface area is 342 Å². The van der Waals surface area contributed by atoms with Crippen LogP contribution in [0.15, 0.2) is 72.9 Å². The van der Waals surface area contributed by atoms with Crippen LogP contribution in [0.5, 0.6) is 0 Å². The Morgan fingerprint density at radius 2 is 1.04 bits per heavy atom. The fourth-order valence-electron chi connectivity index (χ4n) is 5.91. The number of phosphoric acid groups is 1. The van der Waals surface area contributed by atoms with E-state index in [0.29, 0.717) is 13.0 Å². The molecule has 0 radical (unpaired) electrons. The molecule has 0 amide bonds. The van der Waals surface area contributed by atoms with E-state index in [2.05, 4.69) is 86.8 Å². The van der Waals surface area contributed by atoms with E-state index < -0.39 is 63.1 Å². The van der Waals surface area contributed by atoms with Crippen molar-refractivity contribution in [1.82, 2.24) is 0 Å². The third kappa shape index (κ3) is 27.2. The number of phosphoric ester groups is 1. The molecule has 1 fully saturated rings. The van der Waals surface area contributed by atoms with E-state index in [1.165, 1.54) is 19.3 Å². The predicted octanol–water partition coefficient (Wildman–Crippen LogP) is 8.02. The molecule has 12 nitrogen and oxygen atoms in total. The molecule has 1 saturated carbocycles. The van der Waals surface area contributed by atoms with Crippen molar-refractivity contribution in [3.8, 4) is 0 Å². The van der Waals surface area contributed by atoms with E-state index in [1.807, 2.05) is 0 Å². The maximum atomic E-state index is 12.8. The highest BCUT2D eigenvalue weighted by Crippen LogP contribution is 2.47. The molecule has 0 aliphatic heterocycles. The van der Waals surface area contributed by atoms with Crippen molar-refractivity contribution < 1.29 is 58.3 Å². The second-order valence-electron chi connectivity index (χ2n) is 14.5. The highest BCUT2D eigenvalue weighted by Gasteiger charge is 2.51. The molecule has 6 N–H and O–H groups in total. The Kier molecular flexibility index (Phi) is 32.1. The van der Waals surface area contributed by atoms with Crippen LogP contribution < -0.4 is 0 Å². The topological polar surface area (TPSA) is 192 Å². The summed E-state index contributed by atoms with van der Waals surface area (Å²) in [4.78, 5) is 23.1. The lowest BCUT2D eigenvalue weighted by atomic mass is 9.85. The Morgan fingerprint density at radius 3 is 1.60 bits per heavy atom. The average Bonchev–Trinajstić information content (AvgIpc) is 3.19. The maximum absolute atomic E-state index is 12.8. The van der Waals surface area contributed by atoms with Gasteiger partial charge in [-0.25, -0.2) is 4.57 Å². The third-order valence-corrected chi connectivity index (χ3v) is 10.3. The van der Waals surface area contributed by atoms with Crippen LogP contribution in [0.3, 0.4) is 0 Å². The lowest BCUT2D eigenvalue weighted by Gasteiger charge is -2.41. The van der Waals surface area contributed by atoms with Crippen molar-refractivity contribution in [1.29, 1.82) is 0 Å². The van der Waals surface area contributed by atoms with Gasteiger partial charge in [0.2, 0.25) is 0 Å². The summed E-state index contributed by atoms with van der Waals surface area (Å²) in [6.07, 6.45) is 31.2. The van der Waals surface area contributed by atoms with Crippen molar-refractivity contribution in [3.63, 3.8) is 0 Å². The van der Waals surface area contributed by atoms with Crippen molar-refractivity contribution in [2.45, 2.75) is 179 Å². The van der Waals surface area contributed by atoms with E-state index >= 15 is 0 Å². The summed E-state index contributed by atoms with van der Waals surface area (Å²) in [7, 11) is -5.03. The molecule has 0 aromatic carbocycles. The SMILES string of the molecule is CC/C=C\C/C=C\C/C=C\C/C=C\C/C=C\CCCCCC(=O)OC(COCCCCCCCC/C=C\CCC)COP(=O)(O)OC1C(O)C(O)C(O)C(O)C1O. The van der Waals surface area contributed by atoms with E-state index in [1.54, 1.807) is 0 Å². The number of aliphatic hydroxyl groups excluding tert-OH is 5. The number of unbranched alkanes of at least 4 members (excludes halogenated alkanes) is 10. The summed E-state index contributed by atoms with van der Waals surface area (Å²) in [5.74, 6) is -0.515.